The Labute approximate surface area is 110 Å². The zero-order chi connectivity index (χ0) is 12.6. The summed E-state index contributed by atoms with van der Waals surface area (Å²) < 4.78 is 11.1. The van der Waals surface area contributed by atoms with Crippen LogP contribution in [0.1, 0.15) is 19.3 Å². The quantitative estimate of drug-likeness (QED) is 0.718. The molecule has 2 rings (SSSR count). The minimum absolute atomic E-state index is 0.482. The van der Waals surface area contributed by atoms with Crippen LogP contribution < -0.4 is 5.32 Å². The van der Waals surface area contributed by atoms with E-state index in [9.17, 15) is 0 Å². The van der Waals surface area contributed by atoms with Gasteiger partial charge in [-0.3, -0.25) is 4.90 Å². The van der Waals surface area contributed by atoms with E-state index in [4.69, 9.17) is 9.47 Å². The van der Waals surface area contributed by atoms with Gasteiger partial charge in [0.25, 0.3) is 0 Å². The van der Waals surface area contributed by atoms with E-state index < -0.39 is 0 Å². The van der Waals surface area contributed by atoms with Gasteiger partial charge in [0.2, 0.25) is 0 Å². The van der Waals surface area contributed by atoms with E-state index in [1.54, 1.807) is 7.11 Å². The highest BCUT2D eigenvalue weighted by Crippen LogP contribution is 2.11. The molecule has 4 heteroatoms. The maximum absolute atomic E-state index is 5.93. The van der Waals surface area contributed by atoms with E-state index in [1.807, 2.05) is 0 Å². The zero-order valence-corrected chi connectivity index (χ0v) is 11.5. The Morgan fingerprint density at radius 1 is 1.39 bits per heavy atom. The van der Waals surface area contributed by atoms with Gasteiger partial charge in [0.15, 0.2) is 0 Å². The fraction of sp³-hybridized carbons (Fsp3) is 0.857. The largest absolute Gasteiger partial charge is 0.380 e. The lowest BCUT2D eigenvalue weighted by Crippen LogP contribution is -2.36. The molecule has 0 aromatic heterocycles. The lowest BCUT2D eigenvalue weighted by molar-refractivity contribution is 0.0209. The Balaban J connectivity index is 1.57. The Kier molecular flexibility index (Phi) is 6.14. The molecular weight excluding hydrogens is 228 g/mol. The van der Waals surface area contributed by atoms with E-state index in [2.05, 4.69) is 16.3 Å². The smallest absolute Gasteiger partial charge is 0.0673 e. The van der Waals surface area contributed by atoms with Gasteiger partial charge in [0.1, 0.15) is 0 Å². The van der Waals surface area contributed by atoms with Crippen LogP contribution in [0.3, 0.4) is 0 Å². The van der Waals surface area contributed by atoms with E-state index in [1.165, 1.54) is 5.57 Å². The highest BCUT2D eigenvalue weighted by atomic mass is 16.5. The summed E-state index contributed by atoms with van der Waals surface area (Å²) in [5.74, 6) is 0. The molecule has 0 atom stereocenters. The van der Waals surface area contributed by atoms with Crippen LogP contribution in [-0.4, -0.2) is 64.1 Å². The predicted octanol–water partition coefficient (Wildman–Crippen LogP) is 1.03. The molecule has 18 heavy (non-hydrogen) atoms. The summed E-state index contributed by atoms with van der Waals surface area (Å²) in [6, 6.07) is 0. The van der Waals surface area contributed by atoms with E-state index in [0.717, 1.165) is 65.2 Å². The van der Waals surface area contributed by atoms with E-state index >= 15 is 0 Å². The van der Waals surface area contributed by atoms with Gasteiger partial charge in [-0.15, -0.1) is 0 Å². The first kappa shape index (κ1) is 14.0. The van der Waals surface area contributed by atoms with E-state index in [-0.39, 0.29) is 0 Å². The molecule has 2 aliphatic heterocycles. The number of hydrogen-bond donors (Lipinski definition) is 1. The molecule has 0 aromatic carbocycles. The number of nitrogens with one attached hydrogen (secondary N) is 1. The Hall–Kier alpha value is -0.420. The molecule has 0 aromatic rings. The second kappa shape index (κ2) is 7.89. The van der Waals surface area contributed by atoms with Crippen LogP contribution in [0.25, 0.3) is 0 Å². The van der Waals surface area contributed by atoms with Crippen LogP contribution in [0.4, 0.5) is 0 Å². The molecule has 0 aliphatic carbocycles. The second-order valence-corrected chi connectivity index (χ2v) is 5.17. The van der Waals surface area contributed by atoms with Gasteiger partial charge in [-0.25, -0.2) is 0 Å². The molecule has 2 aliphatic rings. The fourth-order valence-corrected chi connectivity index (χ4v) is 2.58. The van der Waals surface area contributed by atoms with Gasteiger partial charge in [0, 0.05) is 26.7 Å². The SMILES string of the molecule is COCC1=CCN(CCOC2CCNCC2)CC1. The monoisotopic (exact) mass is 254 g/mol. The molecule has 104 valence electrons. The molecule has 0 unspecified atom stereocenters. The average Bonchev–Trinajstić information content (AvgIpc) is 2.42. The maximum atomic E-state index is 5.93. The zero-order valence-electron chi connectivity index (χ0n) is 11.5. The highest BCUT2D eigenvalue weighted by molar-refractivity contribution is 5.07. The van der Waals surface area contributed by atoms with Crippen LogP contribution >= 0.6 is 0 Å². The summed E-state index contributed by atoms with van der Waals surface area (Å²) in [4.78, 5) is 2.46. The summed E-state index contributed by atoms with van der Waals surface area (Å²) in [6.45, 7) is 7.13. The second-order valence-electron chi connectivity index (χ2n) is 5.17. The topological polar surface area (TPSA) is 33.7 Å². The van der Waals surface area contributed by atoms with Crippen LogP contribution in [0.2, 0.25) is 0 Å². The Bertz CT molecular complexity index is 263. The molecule has 1 saturated heterocycles. The normalized spacial score (nSPS) is 23.1. The first-order valence-electron chi connectivity index (χ1n) is 7.10. The first-order valence-corrected chi connectivity index (χ1v) is 7.10. The molecule has 1 N–H and O–H groups in total. The third-order valence-corrected chi connectivity index (χ3v) is 3.76. The summed E-state index contributed by atoms with van der Waals surface area (Å²) in [5, 5.41) is 3.36. The van der Waals surface area contributed by atoms with Crippen LogP contribution in [0, 0.1) is 0 Å². The third-order valence-electron chi connectivity index (χ3n) is 3.76. The van der Waals surface area contributed by atoms with Crippen molar-refractivity contribution in [2.24, 2.45) is 0 Å². The maximum Gasteiger partial charge on any atom is 0.0673 e. The van der Waals surface area contributed by atoms with Crippen LogP contribution in [0.15, 0.2) is 11.6 Å². The number of rotatable bonds is 6. The van der Waals surface area contributed by atoms with Gasteiger partial charge >= 0.3 is 0 Å². The molecule has 1 fully saturated rings. The summed E-state index contributed by atoms with van der Waals surface area (Å²) in [7, 11) is 1.76. The van der Waals surface area contributed by atoms with Crippen molar-refractivity contribution >= 4 is 0 Å². The number of piperidine rings is 1. The van der Waals surface area contributed by atoms with Crippen molar-refractivity contribution in [2.45, 2.75) is 25.4 Å². The molecule has 0 bridgehead atoms. The van der Waals surface area contributed by atoms with Crippen LogP contribution in [0.5, 0.6) is 0 Å². The molecular formula is C14H26N2O2. The Morgan fingerprint density at radius 2 is 2.22 bits per heavy atom. The minimum atomic E-state index is 0.482. The number of hydrogen-bond acceptors (Lipinski definition) is 4. The molecule has 0 radical (unpaired) electrons. The minimum Gasteiger partial charge on any atom is -0.380 e. The van der Waals surface area contributed by atoms with Crippen molar-refractivity contribution in [2.75, 3.05) is 53.0 Å². The summed E-state index contributed by atoms with van der Waals surface area (Å²) >= 11 is 0. The number of ether oxygens (including phenoxy) is 2. The van der Waals surface area contributed by atoms with Crippen molar-refractivity contribution in [3.8, 4) is 0 Å². The summed E-state index contributed by atoms with van der Waals surface area (Å²) in [5.41, 5.74) is 1.44. The summed E-state index contributed by atoms with van der Waals surface area (Å²) in [6.07, 6.45) is 6.25. The van der Waals surface area contributed by atoms with Gasteiger partial charge in [0.05, 0.1) is 19.3 Å². The van der Waals surface area contributed by atoms with Crippen LogP contribution in [-0.2, 0) is 9.47 Å². The van der Waals surface area contributed by atoms with Crippen molar-refractivity contribution < 1.29 is 9.47 Å². The standard InChI is InChI=1S/C14H26N2O2/c1-17-12-13-4-8-16(9-5-13)10-11-18-14-2-6-15-7-3-14/h4,14-15H,2-3,5-12H2,1H3. The lowest BCUT2D eigenvalue weighted by atomic mass is 10.1. The average molecular weight is 254 g/mol. The number of methoxy groups -OCH3 is 1. The fourth-order valence-electron chi connectivity index (χ4n) is 2.58. The molecule has 0 saturated carbocycles. The third kappa shape index (κ3) is 4.69. The van der Waals surface area contributed by atoms with Gasteiger partial charge in [-0.1, -0.05) is 6.08 Å². The van der Waals surface area contributed by atoms with Gasteiger partial charge in [-0.2, -0.15) is 0 Å². The Morgan fingerprint density at radius 3 is 2.89 bits per heavy atom. The lowest BCUT2D eigenvalue weighted by Gasteiger charge is -2.28. The van der Waals surface area contributed by atoms with Crippen molar-refractivity contribution in [3.63, 3.8) is 0 Å². The van der Waals surface area contributed by atoms with E-state index in [0.29, 0.717) is 6.10 Å². The van der Waals surface area contributed by atoms with Crippen molar-refractivity contribution in [1.29, 1.82) is 0 Å². The molecule has 0 amide bonds. The predicted molar refractivity (Wildman–Crippen MR) is 72.9 cm³/mol. The van der Waals surface area contributed by atoms with Crippen molar-refractivity contribution in [1.82, 2.24) is 10.2 Å². The molecule has 2 heterocycles. The highest BCUT2D eigenvalue weighted by Gasteiger charge is 2.15. The molecule has 0 spiro atoms. The molecule has 4 nitrogen and oxygen atoms in total. The van der Waals surface area contributed by atoms with Gasteiger partial charge in [-0.05, 0) is 37.9 Å². The first-order chi connectivity index (χ1) is 8.88. The van der Waals surface area contributed by atoms with Crippen molar-refractivity contribution in [3.05, 3.63) is 11.6 Å². The van der Waals surface area contributed by atoms with Gasteiger partial charge < -0.3 is 14.8 Å². The number of nitrogens with zero attached hydrogens (tertiary/aromatic N) is 1.